The summed E-state index contributed by atoms with van der Waals surface area (Å²) in [7, 11) is 0. The molecule has 0 aliphatic carbocycles. The molecule has 0 spiro atoms. The number of non-ortho nitro benzene ring substituents is 1. The molecule has 0 amide bonds. The molecule has 0 bridgehead atoms. The number of nitrogens with one attached hydrogen (secondary N) is 2. The van der Waals surface area contributed by atoms with E-state index >= 15 is 0 Å². The summed E-state index contributed by atoms with van der Waals surface area (Å²) in [5, 5.41) is 24.4. The fraction of sp³-hybridized carbons (Fsp3) is 0.381. The standard InChI is InChI=1S/C21H25FN4O3/c1-14(23-13-15-6-2-3-8-18(15)22)5-4-7-17(27)12-21-24-19-10-9-16(26(28)29)11-20(19)25-21/h2-3,6,8-11,14,17,23,27H,4-5,7,12-13H2,1H3,(H,24,25). The average molecular weight is 400 g/mol. The van der Waals surface area contributed by atoms with Crippen LogP contribution < -0.4 is 5.32 Å². The van der Waals surface area contributed by atoms with E-state index in [1.165, 1.54) is 18.2 Å². The Morgan fingerprint density at radius 1 is 1.28 bits per heavy atom. The number of fused-ring (bicyclic) bond motifs is 1. The summed E-state index contributed by atoms with van der Waals surface area (Å²) in [6.45, 7) is 2.51. The number of H-pyrrole nitrogens is 1. The van der Waals surface area contributed by atoms with Crippen molar-refractivity contribution < 1.29 is 14.4 Å². The molecule has 0 radical (unpaired) electrons. The normalized spacial score (nSPS) is 13.5. The summed E-state index contributed by atoms with van der Waals surface area (Å²) in [6, 6.07) is 11.4. The van der Waals surface area contributed by atoms with Gasteiger partial charge in [0.25, 0.3) is 5.69 Å². The van der Waals surface area contributed by atoms with Crippen LogP contribution in [0.25, 0.3) is 11.0 Å². The molecule has 3 N–H and O–H groups in total. The van der Waals surface area contributed by atoms with Gasteiger partial charge in [-0.1, -0.05) is 18.2 Å². The number of nitro groups is 1. The molecule has 1 aromatic heterocycles. The highest BCUT2D eigenvalue weighted by molar-refractivity contribution is 5.77. The van der Waals surface area contributed by atoms with Gasteiger partial charge in [-0.15, -0.1) is 0 Å². The van der Waals surface area contributed by atoms with Gasteiger partial charge in [0.2, 0.25) is 0 Å². The molecular weight excluding hydrogens is 375 g/mol. The van der Waals surface area contributed by atoms with E-state index in [9.17, 15) is 19.6 Å². The molecule has 3 rings (SSSR count). The SMILES string of the molecule is CC(CCCC(O)Cc1nc2ccc([N+](=O)[O-])cc2[nH]1)NCc1ccccc1F. The molecule has 2 unspecified atom stereocenters. The van der Waals surface area contributed by atoms with E-state index in [4.69, 9.17) is 0 Å². The van der Waals surface area contributed by atoms with E-state index in [1.54, 1.807) is 18.2 Å². The zero-order chi connectivity index (χ0) is 20.8. The number of benzene rings is 2. The number of aliphatic hydroxyl groups is 1. The minimum atomic E-state index is -0.552. The molecule has 0 aliphatic heterocycles. The first-order valence-corrected chi connectivity index (χ1v) is 9.70. The molecule has 7 nitrogen and oxygen atoms in total. The van der Waals surface area contributed by atoms with Crippen molar-refractivity contribution in [3.63, 3.8) is 0 Å². The summed E-state index contributed by atoms with van der Waals surface area (Å²) in [5.74, 6) is 0.400. The number of aromatic nitrogens is 2. The maximum absolute atomic E-state index is 13.6. The van der Waals surface area contributed by atoms with Crippen LogP contribution in [0, 0.1) is 15.9 Å². The lowest BCUT2D eigenvalue weighted by atomic mass is 10.1. The summed E-state index contributed by atoms with van der Waals surface area (Å²) >= 11 is 0. The van der Waals surface area contributed by atoms with E-state index in [0.717, 1.165) is 12.8 Å². The van der Waals surface area contributed by atoms with Crippen LogP contribution in [0.1, 0.15) is 37.6 Å². The topological polar surface area (TPSA) is 104 Å². The lowest BCUT2D eigenvalue weighted by molar-refractivity contribution is -0.384. The monoisotopic (exact) mass is 400 g/mol. The third-order valence-electron chi connectivity index (χ3n) is 4.93. The van der Waals surface area contributed by atoms with Gasteiger partial charge < -0.3 is 15.4 Å². The smallest absolute Gasteiger partial charge is 0.271 e. The van der Waals surface area contributed by atoms with Crippen LogP contribution >= 0.6 is 0 Å². The van der Waals surface area contributed by atoms with Crippen LogP contribution in [0.2, 0.25) is 0 Å². The second kappa shape index (κ2) is 9.58. The highest BCUT2D eigenvalue weighted by atomic mass is 19.1. The van der Waals surface area contributed by atoms with Gasteiger partial charge in [-0.3, -0.25) is 10.1 Å². The van der Waals surface area contributed by atoms with Crippen molar-refractivity contribution >= 4 is 16.7 Å². The van der Waals surface area contributed by atoms with Crippen LogP contribution in [0.3, 0.4) is 0 Å². The van der Waals surface area contributed by atoms with Crippen molar-refractivity contribution in [2.24, 2.45) is 0 Å². The molecular formula is C21H25FN4O3. The molecule has 8 heteroatoms. The zero-order valence-corrected chi connectivity index (χ0v) is 16.3. The van der Waals surface area contributed by atoms with Crippen LogP contribution in [0.15, 0.2) is 42.5 Å². The van der Waals surface area contributed by atoms with E-state index in [2.05, 4.69) is 15.3 Å². The Hall–Kier alpha value is -2.84. The minimum absolute atomic E-state index is 0.00474. The Kier molecular flexibility index (Phi) is 6.90. The Labute approximate surface area is 168 Å². The fourth-order valence-electron chi connectivity index (χ4n) is 3.27. The number of hydrogen-bond acceptors (Lipinski definition) is 5. The van der Waals surface area contributed by atoms with Gasteiger partial charge in [0, 0.05) is 36.7 Å². The van der Waals surface area contributed by atoms with Crippen molar-refractivity contribution in [1.82, 2.24) is 15.3 Å². The maximum Gasteiger partial charge on any atom is 0.271 e. The van der Waals surface area contributed by atoms with Crippen molar-refractivity contribution in [3.05, 3.63) is 69.8 Å². The van der Waals surface area contributed by atoms with E-state index < -0.39 is 11.0 Å². The average Bonchev–Trinajstić information content (AvgIpc) is 3.08. The second-order valence-corrected chi connectivity index (χ2v) is 7.30. The quantitative estimate of drug-likeness (QED) is 0.354. The van der Waals surface area contributed by atoms with Crippen LogP contribution in [0.4, 0.5) is 10.1 Å². The van der Waals surface area contributed by atoms with E-state index in [1.807, 2.05) is 13.0 Å². The maximum atomic E-state index is 13.6. The molecule has 0 saturated heterocycles. The number of aliphatic hydroxyl groups excluding tert-OH is 1. The number of rotatable bonds is 10. The van der Waals surface area contributed by atoms with Crippen LogP contribution in [-0.2, 0) is 13.0 Å². The number of nitrogens with zero attached hydrogens (tertiary/aromatic N) is 2. The molecule has 2 atom stereocenters. The summed E-state index contributed by atoms with van der Waals surface area (Å²) in [4.78, 5) is 17.8. The molecule has 0 fully saturated rings. The fourth-order valence-corrected chi connectivity index (χ4v) is 3.27. The number of aromatic amines is 1. The zero-order valence-electron chi connectivity index (χ0n) is 16.3. The van der Waals surface area contributed by atoms with Gasteiger partial charge in [-0.05, 0) is 38.3 Å². The van der Waals surface area contributed by atoms with E-state index in [0.29, 0.717) is 41.8 Å². The van der Waals surface area contributed by atoms with Crippen LogP contribution in [-0.4, -0.2) is 32.1 Å². The Morgan fingerprint density at radius 3 is 2.83 bits per heavy atom. The largest absolute Gasteiger partial charge is 0.393 e. The predicted molar refractivity (Wildman–Crippen MR) is 109 cm³/mol. The molecule has 2 aromatic carbocycles. The minimum Gasteiger partial charge on any atom is -0.393 e. The number of halogens is 1. The third-order valence-corrected chi connectivity index (χ3v) is 4.93. The molecule has 154 valence electrons. The van der Waals surface area contributed by atoms with Gasteiger partial charge >= 0.3 is 0 Å². The summed E-state index contributed by atoms with van der Waals surface area (Å²) in [6.07, 6.45) is 2.10. The molecule has 29 heavy (non-hydrogen) atoms. The van der Waals surface area contributed by atoms with E-state index in [-0.39, 0.29) is 17.5 Å². The van der Waals surface area contributed by atoms with Gasteiger partial charge in [0.05, 0.1) is 22.1 Å². The Bertz CT molecular complexity index is 975. The second-order valence-electron chi connectivity index (χ2n) is 7.30. The highest BCUT2D eigenvalue weighted by Gasteiger charge is 2.13. The van der Waals surface area contributed by atoms with Crippen molar-refractivity contribution in [1.29, 1.82) is 0 Å². The van der Waals surface area contributed by atoms with Gasteiger partial charge in [0.1, 0.15) is 11.6 Å². The van der Waals surface area contributed by atoms with Crippen molar-refractivity contribution in [2.45, 2.75) is 51.3 Å². The van der Waals surface area contributed by atoms with Gasteiger partial charge in [-0.25, -0.2) is 9.37 Å². The Morgan fingerprint density at radius 2 is 2.07 bits per heavy atom. The first-order chi connectivity index (χ1) is 13.9. The molecule has 1 heterocycles. The van der Waals surface area contributed by atoms with Crippen LogP contribution in [0.5, 0.6) is 0 Å². The highest BCUT2D eigenvalue weighted by Crippen LogP contribution is 2.20. The Balaban J connectivity index is 1.42. The van der Waals surface area contributed by atoms with Gasteiger partial charge in [-0.2, -0.15) is 0 Å². The third kappa shape index (κ3) is 5.82. The molecule has 3 aromatic rings. The molecule has 0 saturated carbocycles. The first-order valence-electron chi connectivity index (χ1n) is 9.70. The van der Waals surface area contributed by atoms with Gasteiger partial charge in [0.15, 0.2) is 0 Å². The first kappa shape index (κ1) is 20.9. The summed E-state index contributed by atoms with van der Waals surface area (Å²) < 4.78 is 13.6. The van der Waals surface area contributed by atoms with Crippen molar-refractivity contribution in [2.75, 3.05) is 0 Å². The lowest BCUT2D eigenvalue weighted by Gasteiger charge is -2.15. The number of nitro benzene ring substituents is 1. The summed E-state index contributed by atoms with van der Waals surface area (Å²) in [5.41, 5.74) is 1.88. The lowest BCUT2D eigenvalue weighted by Crippen LogP contribution is -2.26. The number of imidazole rings is 1. The predicted octanol–water partition coefficient (Wildman–Crippen LogP) is 3.86. The number of hydrogen-bond donors (Lipinski definition) is 3. The molecule has 0 aliphatic rings. The van der Waals surface area contributed by atoms with Crippen molar-refractivity contribution in [3.8, 4) is 0 Å².